The Morgan fingerprint density at radius 2 is 1.90 bits per heavy atom. The highest BCUT2D eigenvalue weighted by Crippen LogP contribution is 2.19. The van der Waals surface area contributed by atoms with Gasteiger partial charge in [0.25, 0.3) is 5.91 Å². The molecule has 0 saturated carbocycles. The minimum atomic E-state index is -0.261. The van der Waals surface area contributed by atoms with E-state index in [9.17, 15) is 4.79 Å². The van der Waals surface area contributed by atoms with E-state index in [4.69, 9.17) is 17.9 Å². The van der Waals surface area contributed by atoms with E-state index in [1.54, 1.807) is 30.3 Å². The molecule has 0 radical (unpaired) electrons. The Hall–Kier alpha value is -2.93. The van der Waals surface area contributed by atoms with Crippen LogP contribution >= 0.6 is 0 Å². The van der Waals surface area contributed by atoms with E-state index in [2.05, 4.69) is 11.2 Å². The zero-order chi connectivity index (χ0) is 14.7. The number of rotatable bonds is 2. The third kappa shape index (κ3) is 2.73. The van der Waals surface area contributed by atoms with Crippen molar-refractivity contribution in [2.24, 2.45) is 0 Å². The molecule has 0 heterocycles. The van der Waals surface area contributed by atoms with Crippen LogP contribution in [-0.2, 0) is 0 Å². The molecule has 4 nitrogen and oxygen atoms in total. The Balaban J connectivity index is 2.23. The summed E-state index contributed by atoms with van der Waals surface area (Å²) in [5.74, 6) is 2.32. The van der Waals surface area contributed by atoms with Crippen molar-refractivity contribution in [3.8, 4) is 12.3 Å². The van der Waals surface area contributed by atoms with Crippen molar-refractivity contribution in [3.63, 3.8) is 0 Å². The molecule has 0 aliphatic carbocycles. The summed E-state index contributed by atoms with van der Waals surface area (Å²) in [4.78, 5) is 12.1. The van der Waals surface area contributed by atoms with Crippen LogP contribution in [0.2, 0.25) is 0 Å². The molecule has 2 aromatic carbocycles. The highest BCUT2D eigenvalue weighted by Gasteiger charge is 2.08. The van der Waals surface area contributed by atoms with E-state index in [0.717, 1.165) is 11.1 Å². The third-order valence-electron chi connectivity index (χ3n) is 3.00. The van der Waals surface area contributed by atoms with Gasteiger partial charge in [0, 0.05) is 16.8 Å². The van der Waals surface area contributed by atoms with Crippen LogP contribution in [0, 0.1) is 19.3 Å². The van der Waals surface area contributed by atoms with Gasteiger partial charge < -0.3 is 16.8 Å². The van der Waals surface area contributed by atoms with Gasteiger partial charge in [-0.15, -0.1) is 6.42 Å². The first kappa shape index (κ1) is 13.5. The minimum absolute atomic E-state index is 0.261. The van der Waals surface area contributed by atoms with Crippen LogP contribution in [0.5, 0.6) is 0 Å². The van der Waals surface area contributed by atoms with Crippen LogP contribution in [0.25, 0.3) is 0 Å². The van der Waals surface area contributed by atoms with Gasteiger partial charge in [-0.25, -0.2) is 0 Å². The number of nitrogens with one attached hydrogen (secondary N) is 1. The topological polar surface area (TPSA) is 81.1 Å². The van der Waals surface area contributed by atoms with Crippen LogP contribution in [0.15, 0.2) is 36.4 Å². The van der Waals surface area contributed by atoms with Gasteiger partial charge in [-0.2, -0.15) is 0 Å². The number of carbonyl (C=O) groups excluding carboxylic acids is 1. The summed E-state index contributed by atoms with van der Waals surface area (Å²) in [5, 5.41) is 2.78. The van der Waals surface area contributed by atoms with Crippen LogP contribution in [-0.4, -0.2) is 5.91 Å². The molecule has 0 unspecified atom stereocenters. The van der Waals surface area contributed by atoms with Gasteiger partial charge in [0.1, 0.15) is 0 Å². The maximum Gasteiger partial charge on any atom is 0.255 e. The number of nitrogens with two attached hydrogens (primary N) is 2. The number of anilines is 3. The molecule has 0 saturated heterocycles. The average molecular weight is 265 g/mol. The van der Waals surface area contributed by atoms with Crippen LogP contribution in [0.1, 0.15) is 21.5 Å². The molecule has 20 heavy (non-hydrogen) atoms. The summed E-state index contributed by atoms with van der Waals surface area (Å²) >= 11 is 0. The molecule has 1 amide bonds. The molecule has 4 heteroatoms. The number of amides is 1. The highest BCUT2D eigenvalue weighted by molar-refractivity contribution is 6.05. The van der Waals surface area contributed by atoms with Gasteiger partial charge in [0.15, 0.2) is 0 Å². The van der Waals surface area contributed by atoms with Gasteiger partial charge in [-0.05, 0) is 42.8 Å². The highest BCUT2D eigenvalue weighted by atomic mass is 16.1. The Kier molecular flexibility index (Phi) is 3.62. The Morgan fingerprint density at radius 3 is 2.55 bits per heavy atom. The fourth-order valence-electron chi connectivity index (χ4n) is 1.77. The lowest BCUT2D eigenvalue weighted by molar-refractivity contribution is 0.102. The lowest BCUT2D eigenvalue weighted by Gasteiger charge is -2.08. The quantitative estimate of drug-likeness (QED) is 0.576. The van der Waals surface area contributed by atoms with Crippen molar-refractivity contribution in [1.29, 1.82) is 0 Å². The fraction of sp³-hybridized carbons (Fsp3) is 0.0625. The molecule has 0 spiro atoms. The van der Waals surface area contributed by atoms with Gasteiger partial charge in [-0.1, -0.05) is 12.0 Å². The SMILES string of the molecule is C#Cc1cc(NC(=O)c2ccc(N)c(N)c2)ccc1C. The smallest absolute Gasteiger partial charge is 0.255 e. The first-order valence-corrected chi connectivity index (χ1v) is 6.05. The van der Waals surface area contributed by atoms with Gasteiger partial charge in [-0.3, -0.25) is 4.79 Å². The van der Waals surface area contributed by atoms with Crippen molar-refractivity contribution in [3.05, 3.63) is 53.1 Å². The summed E-state index contributed by atoms with van der Waals surface area (Å²) in [6.07, 6.45) is 5.40. The second-order valence-electron chi connectivity index (χ2n) is 4.47. The maximum atomic E-state index is 12.1. The molecule has 2 rings (SSSR count). The number of benzene rings is 2. The van der Waals surface area contributed by atoms with E-state index in [0.29, 0.717) is 22.6 Å². The van der Waals surface area contributed by atoms with Gasteiger partial charge in [0.2, 0.25) is 0 Å². The summed E-state index contributed by atoms with van der Waals surface area (Å²) in [7, 11) is 0. The van der Waals surface area contributed by atoms with E-state index >= 15 is 0 Å². The third-order valence-corrected chi connectivity index (χ3v) is 3.00. The van der Waals surface area contributed by atoms with Crippen LogP contribution in [0.4, 0.5) is 17.1 Å². The fourth-order valence-corrected chi connectivity index (χ4v) is 1.77. The predicted molar refractivity (Wildman–Crippen MR) is 82.3 cm³/mol. The molecular weight excluding hydrogens is 250 g/mol. The number of terminal acetylenes is 1. The molecule has 5 N–H and O–H groups in total. The number of carbonyl (C=O) groups is 1. The first-order valence-electron chi connectivity index (χ1n) is 6.05. The van der Waals surface area contributed by atoms with E-state index < -0.39 is 0 Å². The van der Waals surface area contributed by atoms with Crippen molar-refractivity contribution in [1.82, 2.24) is 0 Å². The molecule has 2 aromatic rings. The van der Waals surface area contributed by atoms with Crippen molar-refractivity contribution >= 4 is 23.0 Å². The molecular formula is C16H15N3O. The number of nitrogen functional groups attached to an aromatic ring is 2. The number of aryl methyl sites for hydroxylation is 1. The minimum Gasteiger partial charge on any atom is -0.397 e. The molecule has 0 aliphatic rings. The Labute approximate surface area is 117 Å². The molecule has 0 fully saturated rings. The van der Waals surface area contributed by atoms with Gasteiger partial charge in [0.05, 0.1) is 11.4 Å². The van der Waals surface area contributed by atoms with Crippen LogP contribution < -0.4 is 16.8 Å². The van der Waals surface area contributed by atoms with Crippen molar-refractivity contribution < 1.29 is 4.79 Å². The first-order chi connectivity index (χ1) is 9.51. The summed E-state index contributed by atoms with van der Waals surface area (Å²) in [6, 6.07) is 10.2. The molecule has 0 aliphatic heterocycles. The number of hydrogen-bond donors (Lipinski definition) is 3. The normalized spacial score (nSPS) is 9.80. The van der Waals surface area contributed by atoms with E-state index in [1.165, 1.54) is 0 Å². The second-order valence-corrected chi connectivity index (χ2v) is 4.47. The summed E-state index contributed by atoms with van der Waals surface area (Å²) in [6.45, 7) is 1.92. The lowest BCUT2D eigenvalue weighted by atomic mass is 10.1. The summed E-state index contributed by atoms with van der Waals surface area (Å²) in [5.41, 5.74) is 15.0. The molecule has 0 aromatic heterocycles. The predicted octanol–water partition coefficient (Wildman–Crippen LogP) is 2.39. The van der Waals surface area contributed by atoms with Crippen LogP contribution in [0.3, 0.4) is 0 Å². The average Bonchev–Trinajstić information content (AvgIpc) is 2.43. The Bertz CT molecular complexity index is 714. The molecule has 100 valence electrons. The zero-order valence-electron chi connectivity index (χ0n) is 11.1. The molecule has 0 atom stereocenters. The zero-order valence-corrected chi connectivity index (χ0v) is 11.1. The number of hydrogen-bond acceptors (Lipinski definition) is 3. The molecule has 0 bridgehead atoms. The second kappa shape index (κ2) is 5.37. The largest absolute Gasteiger partial charge is 0.397 e. The maximum absolute atomic E-state index is 12.1. The lowest BCUT2D eigenvalue weighted by Crippen LogP contribution is -2.12. The summed E-state index contributed by atoms with van der Waals surface area (Å²) < 4.78 is 0. The van der Waals surface area contributed by atoms with Crippen molar-refractivity contribution in [2.45, 2.75) is 6.92 Å². The van der Waals surface area contributed by atoms with E-state index in [-0.39, 0.29) is 5.91 Å². The standard InChI is InChI=1S/C16H15N3O/c1-3-11-8-13(6-4-10(11)2)19-16(20)12-5-7-14(17)15(18)9-12/h1,4-9H,17-18H2,2H3,(H,19,20). The van der Waals surface area contributed by atoms with E-state index in [1.807, 2.05) is 13.0 Å². The Morgan fingerprint density at radius 1 is 1.15 bits per heavy atom. The van der Waals surface area contributed by atoms with Crippen molar-refractivity contribution in [2.75, 3.05) is 16.8 Å². The van der Waals surface area contributed by atoms with Gasteiger partial charge >= 0.3 is 0 Å². The monoisotopic (exact) mass is 265 g/mol.